The minimum Gasteiger partial charge on any atom is -0.338 e. The minimum absolute atomic E-state index is 0.0644. The molecular weight excluding hydrogens is 300 g/mol. The van der Waals surface area contributed by atoms with Crippen molar-refractivity contribution in [3.8, 4) is 0 Å². The highest BCUT2D eigenvalue weighted by molar-refractivity contribution is 7.22. The average Bonchev–Trinajstić information content (AvgIpc) is 2.86. The van der Waals surface area contributed by atoms with Gasteiger partial charge in [-0.15, -0.1) is 0 Å². The van der Waals surface area contributed by atoms with Gasteiger partial charge in [-0.25, -0.2) is 9.78 Å². The van der Waals surface area contributed by atoms with Gasteiger partial charge < -0.3 is 16.0 Å². The topological polar surface area (TPSA) is 83.1 Å². The third kappa shape index (κ3) is 4.42. The number of amides is 3. The van der Waals surface area contributed by atoms with E-state index in [4.69, 9.17) is 0 Å². The van der Waals surface area contributed by atoms with Gasteiger partial charge in [0, 0.05) is 18.7 Å². The Bertz CT molecular complexity index is 681. The predicted molar refractivity (Wildman–Crippen MR) is 90.4 cm³/mol. The van der Waals surface area contributed by atoms with Crippen molar-refractivity contribution in [2.75, 3.05) is 17.2 Å². The zero-order chi connectivity index (χ0) is 16.1. The van der Waals surface area contributed by atoms with Crippen molar-refractivity contribution in [3.63, 3.8) is 0 Å². The van der Waals surface area contributed by atoms with Crippen LogP contribution in [0.5, 0.6) is 0 Å². The van der Waals surface area contributed by atoms with E-state index in [0.29, 0.717) is 29.7 Å². The van der Waals surface area contributed by atoms with Crippen molar-refractivity contribution in [1.82, 2.24) is 10.3 Å². The number of nitrogens with zero attached hydrogens (tertiary/aromatic N) is 1. The highest BCUT2D eigenvalue weighted by atomic mass is 32.1. The van der Waals surface area contributed by atoms with Gasteiger partial charge in [0.25, 0.3) is 0 Å². The van der Waals surface area contributed by atoms with E-state index in [0.717, 1.165) is 10.2 Å². The summed E-state index contributed by atoms with van der Waals surface area (Å²) in [6.45, 7) is 6.49. The molecule has 6 nitrogen and oxygen atoms in total. The number of aromatic nitrogens is 1. The van der Waals surface area contributed by atoms with E-state index in [1.165, 1.54) is 11.3 Å². The van der Waals surface area contributed by atoms with Crippen molar-refractivity contribution in [3.05, 3.63) is 18.2 Å². The smallest absolute Gasteiger partial charge is 0.319 e. The van der Waals surface area contributed by atoms with E-state index in [9.17, 15) is 9.59 Å². The second-order valence-electron chi connectivity index (χ2n) is 5.33. The fourth-order valence-electron chi connectivity index (χ4n) is 1.74. The number of rotatable bonds is 5. The molecule has 3 N–H and O–H groups in total. The maximum atomic E-state index is 11.7. The van der Waals surface area contributed by atoms with Gasteiger partial charge in [0.1, 0.15) is 0 Å². The molecule has 0 saturated carbocycles. The molecule has 0 aliphatic carbocycles. The Morgan fingerprint density at radius 2 is 2.05 bits per heavy atom. The van der Waals surface area contributed by atoms with Crippen molar-refractivity contribution in [2.24, 2.45) is 5.92 Å². The largest absolute Gasteiger partial charge is 0.338 e. The number of anilines is 2. The second kappa shape index (κ2) is 7.22. The van der Waals surface area contributed by atoms with Crippen molar-refractivity contribution >= 4 is 44.3 Å². The van der Waals surface area contributed by atoms with Crippen LogP contribution in [0.15, 0.2) is 18.2 Å². The van der Waals surface area contributed by atoms with Gasteiger partial charge in [-0.3, -0.25) is 4.79 Å². The predicted octanol–water partition coefficient (Wildman–Crippen LogP) is 3.42. The number of hydrogen-bond acceptors (Lipinski definition) is 4. The van der Waals surface area contributed by atoms with Crippen LogP contribution >= 0.6 is 11.3 Å². The second-order valence-corrected chi connectivity index (χ2v) is 6.36. The molecule has 118 valence electrons. The molecule has 2 aromatic rings. The van der Waals surface area contributed by atoms with Gasteiger partial charge in [0.15, 0.2) is 5.13 Å². The summed E-state index contributed by atoms with van der Waals surface area (Å²) in [5.41, 5.74) is 1.42. The Balaban J connectivity index is 2.06. The molecule has 1 heterocycles. The zero-order valence-corrected chi connectivity index (χ0v) is 13.7. The summed E-state index contributed by atoms with van der Waals surface area (Å²) in [5, 5.41) is 8.89. The van der Waals surface area contributed by atoms with Crippen LogP contribution in [-0.4, -0.2) is 23.5 Å². The zero-order valence-electron chi connectivity index (χ0n) is 12.9. The lowest BCUT2D eigenvalue weighted by molar-refractivity contribution is -0.115. The van der Waals surface area contributed by atoms with Crippen molar-refractivity contribution in [1.29, 1.82) is 0 Å². The molecule has 0 unspecified atom stereocenters. The number of carbonyl (C=O) groups is 2. The Morgan fingerprint density at radius 1 is 1.27 bits per heavy atom. The average molecular weight is 320 g/mol. The van der Waals surface area contributed by atoms with E-state index >= 15 is 0 Å². The number of hydrogen-bond donors (Lipinski definition) is 3. The van der Waals surface area contributed by atoms with Gasteiger partial charge in [0.05, 0.1) is 10.2 Å². The lowest BCUT2D eigenvalue weighted by Crippen LogP contribution is -2.31. The first-order valence-electron chi connectivity index (χ1n) is 7.23. The number of nitrogens with one attached hydrogen (secondary N) is 3. The quantitative estimate of drug-likeness (QED) is 0.789. The van der Waals surface area contributed by atoms with Gasteiger partial charge in [-0.05, 0) is 24.1 Å². The Morgan fingerprint density at radius 3 is 2.73 bits per heavy atom. The first-order valence-corrected chi connectivity index (χ1v) is 8.05. The van der Waals surface area contributed by atoms with E-state index in [1.54, 1.807) is 13.0 Å². The summed E-state index contributed by atoms with van der Waals surface area (Å²) in [7, 11) is 0. The molecule has 0 atom stereocenters. The Labute approximate surface area is 133 Å². The van der Waals surface area contributed by atoms with Crippen LogP contribution in [-0.2, 0) is 4.79 Å². The molecule has 0 radical (unpaired) electrons. The molecule has 0 fully saturated rings. The molecule has 0 saturated heterocycles. The van der Waals surface area contributed by atoms with Crippen LogP contribution in [0.1, 0.15) is 27.2 Å². The first-order chi connectivity index (χ1) is 10.5. The van der Waals surface area contributed by atoms with Gasteiger partial charge in [-0.2, -0.15) is 0 Å². The standard InChI is InChI=1S/C15H20N4O2S/c1-4-13(20)19-15-18-11-7-10(5-6-12(11)22-15)17-14(21)16-8-9(2)3/h5-7,9H,4,8H2,1-3H3,(H2,16,17,21)(H,18,19,20). The summed E-state index contributed by atoms with van der Waals surface area (Å²) >= 11 is 1.41. The summed E-state index contributed by atoms with van der Waals surface area (Å²) in [4.78, 5) is 27.5. The number of urea groups is 1. The molecule has 2 rings (SSSR count). The van der Waals surface area contributed by atoms with Gasteiger partial charge in [0.2, 0.25) is 5.91 Å². The third-order valence-corrected chi connectivity index (χ3v) is 3.84. The molecule has 3 amide bonds. The molecule has 0 spiro atoms. The fraction of sp³-hybridized carbons (Fsp3) is 0.400. The van der Waals surface area contributed by atoms with Crippen LogP contribution in [0.25, 0.3) is 10.2 Å². The minimum atomic E-state index is -0.234. The molecule has 0 aliphatic heterocycles. The summed E-state index contributed by atoms with van der Waals surface area (Å²) in [6.07, 6.45) is 0.415. The molecule has 7 heteroatoms. The Hall–Kier alpha value is -2.15. The van der Waals surface area contributed by atoms with Crippen LogP contribution in [0, 0.1) is 5.92 Å². The van der Waals surface area contributed by atoms with E-state index in [-0.39, 0.29) is 11.9 Å². The molecular formula is C15H20N4O2S. The van der Waals surface area contributed by atoms with Crippen LogP contribution in [0.4, 0.5) is 15.6 Å². The van der Waals surface area contributed by atoms with Crippen LogP contribution in [0.3, 0.4) is 0 Å². The number of carbonyl (C=O) groups excluding carboxylic acids is 2. The number of thiazole rings is 1. The fourth-order valence-corrected chi connectivity index (χ4v) is 2.60. The van der Waals surface area contributed by atoms with Crippen molar-refractivity contribution in [2.45, 2.75) is 27.2 Å². The van der Waals surface area contributed by atoms with Gasteiger partial charge >= 0.3 is 6.03 Å². The normalized spacial score (nSPS) is 10.7. The van der Waals surface area contributed by atoms with Crippen LogP contribution < -0.4 is 16.0 Å². The van der Waals surface area contributed by atoms with Gasteiger partial charge in [-0.1, -0.05) is 32.1 Å². The molecule has 0 bridgehead atoms. The maximum Gasteiger partial charge on any atom is 0.319 e. The highest BCUT2D eigenvalue weighted by Crippen LogP contribution is 2.28. The molecule has 1 aromatic heterocycles. The Kier molecular flexibility index (Phi) is 5.32. The molecule has 22 heavy (non-hydrogen) atoms. The lowest BCUT2D eigenvalue weighted by Gasteiger charge is -2.09. The van der Waals surface area contributed by atoms with Crippen LogP contribution in [0.2, 0.25) is 0 Å². The van der Waals surface area contributed by atoms with E-state index < -0.39 is 0 Å². The molecule has 1 aromatic carbocycles. The van der Waals surface area contributed by atoms with E-state index in [1.807, 2.05) is 26.0 Å². The number of benzene rings is 1. The van der Waals surface area contributed by atoms with E-state index in [2.05, 4.69) is 20.9 Å². The summed E-state index contributed by atoms with van der Waals surface area (Å²) in [6, 6.07) is 5.26. The maximum absolute atomic E-state index is 11.7. The van der Waals surface area contributed by atoms with Crippen molar-refractivity contribution < 1.29 is 9.59 Å². The number of fused-ring (bicyclic) bond motifs is 1. The monoisotopic (exact) mass is 320 g/mol. The molecule has 0 aliphatic rings. The summed E-state index contributed by atoms with van der Waals surface area (Å²) < 4.78 is 0.958. The third-order valence-electron chi connectivity index (χ3n) is 2.88. The lowest BCUT2D eigenvalue weighted by atomic mass is 10.2. The summed E-state index contributed by atoms with van der Waals surface area (Å²) in [5.74, 6) is 0.335. The SMILES string of the molecule is CCC(=O)Nc1nc2cc(NC(=O)NCC(C)C)ccc2s1. The highest BCUT2D eigenvalue weighted by Gasteiger charge is 2.08. The first kappa shape index (κ1) is 16.2.